The highest BCUT2D eigenvalue weighted by molar-refractivity contribution is 7.15. The van der Waals surface area contributed by atoms with Gasteiger partial charge in [0.1, 0.15) is 0 Å². The molecular formula is C19H15ClN4O5S. The number of nitrogens with one attached hydrogen (secondary N) is 1. The van der Waals surface area contributed by atoms with Gasteiger partial charge in [-0.1, -0.05) is 53.3 Å². The first-order chi connectivity index (χ1) is 14.4. The van der Waals surface area contributed by atoms with Crippen LogP contribution in [0, 0.1) is 10.1 Å². The fraction of sp³-hybridized carbons (Fsp3) is 0.105. The number of hydrogen-bond donors (Lipinski definition) is 2. The first-order valence-corrected chi connectivity index (χ1v) is 9.67. The van der Waals surface area contributed by atoms with Crippen molar-refractivity contribution in [2.75, 3.05) is 7.11 Å². The molecule has 0 spiro atoms. The van der Waals surface area contributed by atoms with Crippen LogP contribution in [0.5, 0.6) is 11.5 Å². The number of amides is 1. The SMILES string of the molecule is COc1cc(/C=C(\Cl)c2nnc(C(=O)NCc3ccccc3)s2)cc([N+](=O)[O-])c1O. The lowest BCUT2D eigenvalue weighted by atomic mass is 10.1. The Morgan fingerprint density at radius 2 is 2.00 bits per heavy atom. The molecule has 0 fully saturated rings. The summed E-state index contributed by atoms with van der Waals surface area (Å²) in [6, 6.07) is 11.9. The zero-order chi connectivity index (χ0) is 21.7. The molecule has 2 aromatic carbocycles. The standard InChI is InChI=1S/C19H15ClN4O5S/c1-29-15-9-12(8-14(16(15)25)24(27)28)7-13(20)18-22-23-19(30-18)17(26)21-10-11-5-3-2-4-6-11/h2-9,25H,10H2,1H3,(H,21,26)/b13-7-. The van der Waals surface area contributed by atoms with Gasteiger partial charge < -0.3 is 15.2 Å². The highest BCUT2D eigenvalue weighted by Gasteiger charge is 2.20. The minimum atomic E-state index is -0.733. The van der Waals surface area contributed by atoms with Crippen LogP contribution < -0.4 is 10.1 Å². The molecule has 0 saturated carbocycles. The first-order valence-electron chi connectivity index (χ1n) is 8.47. The van der Waals surface area contributed by atoms with Crippen LogP contribution in [0.4, 0.5) is 5.69 Å². The normalized spacial score (nSPS) is 11.2. The number of aromatic hydroxyl groups is 1. The van der Waals surface area contributed by atoms with Crippen molar-refractivity contribution in [2.45, 2.75) is 6.54 Å². The van der Waals surface area contributed by atoms with Gasteiger partial charge in [-0.15, -0.1) is 10.2 Å². The molecule has 0 aliphatic heterocycles. The maximum absolute atomic E-state index is 12.3. The van der Waals surface area contributed by atoms with Crippen LogP contribution >= 0.6 is 22.9 Å². The third-order valence-corrected chi connectivity index (χ3v) is 5.26. The summed E-state index contributed by atoms with van der Waals surface area (Å²) < 4.78 is 4.96. The number of hydrogen-bond acceptors (Lipinski definition) is 8. The van der Waals surface area contributed by atoms with Crippen molar-refractivity contribution in [1.29, 1.82) is 0 Å². The third-order valence-electron chi connectivity index (χ3n) is 3.91. The Labute approximate surface area is 179 Å². The average Bonchev–Trinajstić information content (AvgIpc) is 3.24. The second kappa shape index (κ2) is 9.33. The smallest absolute Gasteiger partial charge is 0.315 e. The van der Waals surface area contributed by atoms with Gasteiger partial charge in [-0.3, -0.25) is 14.9 Å². The summed E-state index contributed by atoms with van der Waals surface area (Å²) in [6.45, 7) is 0.342. The zero-order valence-corrected chi connectivity index (χ0v) is 17.1. The number of carbonyl (C=O) groups is 1. The number of ether oxygens (including phenoxy) is 1. The number of halogens is 1. The van der Waals surface area contributed by atoms with Gasteiger partial charge in [-0.2, -0.15) is 0 Å². The Bertz CT molecular complexity index is 1120. The number of rotatable bonds is 7. The van der Waals surface area contributed by atoms with Crippen molar-refractivity contribution in [3.05, 3.63) is 73.7 Å². The number of nitro benzene ring substituents is 1. The van der Waals surface area contributed by atoms with E-state index in [1.54, 1.807) is 0 Å². The zero-order valence-electron chi connectivity index (χ0n) is 15.5. The minimum absolute atomic E-state index is 0.0711. The van der Waals surface area contributed by atoms with E-state index in [4.69, 9.17) is 16.3 Å². The molecule has 9 nitrogen and oxygen atoms in total. The molecule has 0 atom stereocenters. The van der Waals surface area contributed by atoms with E-state index in [-0.39, 0.29) is 20.8 Å². The second-order valence-corrected chi connectivity index (χ2v) is 7.31. The van der Waals surface area contributed by atoms with Crippen LogP contribution in [0.2, 0.25) is 0 Å². The maximum atomic E-state index is 12.3. The van der Waals surface area contributed by atoms with Crippen LogP contribution in [0.25, 0.3) is 11.1 Å². The van der Waals surface area contributed by atoms with E-state index in [1.165, 1.54) is 19.3 Å². The van der Waals surface area contributed by atoms with Gasteiger partial charge in [-0.05, 0) is 23.3 Å². The monoisotopic (exact) mass is 446 g/mol. The van der Waals surface area contributed by atoms with Gasteiger partial charge >= 0.3 is 5.69 Å². The molecule has 11 heteroatoms. The summed E-state index contributed by atoms with van der Waals surface area (Å²) in [6.07, 6.45) is 1.41. The molecule has 0 saturated heterocycles. The van der Waals surface area contributed by atoms with E-state index in [1.807, 2.05) is 30.3 Å². The number of phenolic OH excluding ortho intramolecular Hbond substituents is 1. The van der Waals surface area contributed by atoms with E-state index < -0.39 is 22.3 Å². The fourth-order valence-corrected chi connectivity index (χ4v) is 3.41. The lowest BCUT2D eigenvalue weighted by Gasteiger charge is -2.05. The number of nitrogens with zero attached hydrogens (tertiary/aromatic N) is 3. The average molecular weight is 447 g/mol. The number of benzene rings is 2. The van der Waals surface area contributed by atoms with Crippen LogP contribution in [-0.2, 0) is 6.54 Å². The highest BCUT2D eigenvalue weighted by Crippen LogP contribution is 2.38. The molecular weight excluding hydrogens is 432 g/mol. The quantitative estimate of drug-likeness (QED) is 0.417. The van der Waals surface area contributed by atoms with E-state index in [2.05, 4.69) is 15.5 Å². The van der Waals surface area contributed by atoms with Crippen LogP contribution in [0.3, 0.4) is 0 Å². The highest BCUT2D eigenvalue weighted by atomic mass is 35.5. The van der Waals surface area contributed by atoms with Crippen LogP contribution in [0.15, 0.2) is 42.5 Å². The summed E-state index contributed by atoms with van der Waals surface area (Å²) in [4.78, 5) is 22.6. The second-order valence-electron chi connectivity index (χ2n) is 5.92. The van der Waals surface area contributed by atoms with Crippen molar-refractivity contribution < 1.29 is 19.6 Å². The van der Waals surface area contributed by atoms with Crippen LogP contribution in [-0.4, -0.2) is 33.2 Å². The molecule has 1 aromatic heterocycles. The molecule has 154 valence electrons. The Kier molecular flexibility index (Phi) is 6.60. The molecule has 1 heterocycles. The molecule has 3 aromatic rings. The van der Waals surface area contributed by atoms with Gasteiger partial charge in [0, 0.05) is 12.6 Å². The number of methoxy groups -OCH3 is 1. The number of nitro groups is 1. The van der Waals surface area contributed by atoms with Gasteiger partial charge in [0.05, 0.1) is 17.1 Å². The lowest BCUT2D eigenvalue weighted by Crippen LogP contribution is -2.22. The summed E-state index contributed by atoms with van der Waals surface area (Å²) in [7, 11) is 1.28. The van der Waals surface area contributed by atoms with Crippen molar-refractivity contribution >= 4 is 45.6 Å². The Balaban J connectivity index is 1.78. The molecule has 0 radical (unpaired) electrons. The molecule has 3 rings (SSSR count). The number of phenols is 1. The van der Waals surface area contributed by atoms with E-state index in [0.29, 0.717) is 12.1 Å². The molecule has 1 amide bonds. The fourth-order valence-electron chi connectivity index (χ4n) is 2.47. The van der Waals surface area contributed by atoms with E-state index >= 15 is 0 Å². The largest absolute Gasteiger partial charge is 0.500 e. The van der Waals surface area contributed by atoms with Crippen molar-refractivity contribution in [2.24, 2.45) is 0 Å². The predicted octanol–water partition coefficient (Wildman–Crippen LogP) is 3.83. The van der Waals surface area contributed by atoms with E-state index in [0.717, 1.165) is 23.0 Å². The van der Waals surface area contributed by atoms with Crippen molar-refractivity contribution in [1.82, 2.24) is 15.5 Å². The number of carbonyl (C=O) groups excluding carboxylic acids is 1. The molecule has 30 heavy (non-hydrogen) atoms. The van der Waals surface area contributed by atoms with E-state index in [9.17, 15) is 20.0 Å². The molecule has 2 N–H and O–H groups in total. The summed E-state index contributed by atoms with van der Waals surface area (Å²) in [5.41, 5.74) is 0.728. The predicted molar refractivity (Wildman–Crippen MR) is 113 cm³/mol. The molecule has 0 aliphatic carbocycles. The third kappa shape index (κ3) is 4.91. The summed E-state index contributed by atoms with van der Waals surface area (Å²) in [5, 5.41) is 32.0. The van der Waals surface area contributed by atoms with Gasteiger partial charge in [0.15, 0.2) is 10.8 Å². The Hall–Kier alpha value is -3.50. The Morgan fingerprint density at radius 3 is 2.67 bits per heavy atom. The molecule has 0 bridgehead atoms. The molecule has 0 unspecified atom stereocenters. The maximum Gasteiger partial charge on any atom is 0.315 e. The van der Waals surface area contributed by atoms with Gasteiger partial charge in [-0.25, -0.2) is 0 Å². The van der Waals surface area contributed by atoms with Crippen molar-refractivity contribution in [3.63, 3.8) is 0 Å². The first kappa shape index (κ1) is 21.2. The Morgan fingerprint density at radius 1 is 1.30 bits per heavy atom. The number of aromatic nitrogens is 2. The van der Waals surface area contributed by atoms with Gasteiger partial charge in [0.25, 0.3) is 5.91 Å². The lowest BCUT2D eigenvalue weighted by molar-refractivity contribution is -0.386. The summed E-state index contributed by atoms with van der Waals surface area (Å²) in [5.74, 6) is -1.05. The minimum Gasteiger partial charge on any atom is -0.500 e. The van der Waals surface area contributed by atoms with Gasteiger partial charge in [0.2, 0.25) is 10.8 Å². The summed E-state index contributed by atoms with van der Waals surface area (Å²) >= 11 is 7.24. The van der Waals surface area contributed by atoms with Crippen LogP contribution in [0.1, 0.15) is 25.9 Å². The molecule has 0 aliphatic rings. The topological polar surface area (TPSA) is 127 Å². The van der Waals surface area contributed by atoms with Crippen molar-refractivity contribution in [3.8, 4) is 11.5 Å².